The van der Waals surface area contributed by atoms with E-state index in [-0.39, 0.29) is 0 Å². The minimum Gasteiger partial charge on any atom is -0.215 e. The highest BCUT2D eigenvalue weighted by atomic mass is 32.2. The highest BCUT2D eigenvalue weighted by molar-refractivity contribution is 7.93. The topological polar surface area (TPSA) is 46.2 Å². The zero-order chi connectivity index (χ0) is 6.20. The summed E-state index contributed by atoms with van der Waals surface area (Å²) in [6.45, 7) is 0. The predicted octanol–water partition coefficient (Wildman–Crippen LogP) is -0.177. The maximum Gasteiger partial charge on any atom is 0.236 e. The van der Waals surface area contributed by atoms with Crippen molar-refractivity contribution >= 4 is 10.0 Å². The van der Waals surface area contributed by atoms with Gasteiger partial charge in [-0.1, -0.05) is 6.08 Å². The Morgan fingerprint density at radius 2 is 2.25 bits per heavy atom. The zero-order valence-corrected chi connectivity index (χ0v) is 5.33. The molecule has 0 aliphatic heterocycles. The molecule has 3 nitrogen and oxygen atoms in total. The van der Waals surface area contributed by atoms with Crippen molar-refractivity contribution in [1.29, 1.82) is 0 Å². The van der Waals surface area contributed by atoms with Gasteiger partial charge in [0.1, 0.15) is 0 Å². The largest absolute Gasteiger partial charge is 0.236 e. The normalized spacial score (nSPS) is 17.9. The van der Waals surface area contributed by atoms with Crippen LogP contribution >= 0.6 is 0 Å². The standard InChI is InChI=1S/C4H7NO2S/c1-5-8(6,7)4-2-3-4/h2,5H,3H2,1H3. The Balaban J connectivity index is 2.81. The van der Waals surface area contributed by atoms with Gasteiger partial charge in [-0.05, 0) is 7.05 Å². The Bertz CT molecular complexity index is 214. The summed E-state index contributed by atoms with van der Waals surface area (Å²) in [7, 11) is -1.60. The van der Waals surface area contributed by atoms with Crippen LogP contribution in [0.4, 0.5) is 0 Å². The molecule has 0 bridgehead atoms. The molecular weight excluding hydrogens is 126 g/mol. The van der Waals surface area contributed by atoms with E-state index >= 15 is 0 Å². The minimum absolute atomic E-state index is 0.514. The SMILES string of the molecule is CNS(=O)(=O)C1=CC1. The van der Waals surface area contributed by atoms with Crippen LogP contribution in [-0.2, 0) is 10.0 Å². The second kappa shape index (κ2) is 1.56. The number of hydrogen-bond acceptors (Lipinski definition) is 2. The first-order valence-electron chi connectivity index (χ1n) is 2.29. The van der Waals surface area contributed by atoms with Gasteiger partial charge >= 0.3 is 0 Å². The van der Waals surface area contributed by atoms with Crippen LogP contribution in [0.5, 0.6) is 0 Å². The van der Waals surface area contributed by atoms with Gasteiger partial charge in [0.2, 0.25) is 10.0 Å². The smallest absolute Gasteiger partial charge is 0.215 e. The van der Waals surface area contributed by atoms with Crippen LogP contribution in [-0.4, -0.2) is 15.5 Å². The molecule has 0 spiro atoms. The van der Waals surface area contributed by atoms with Crippen molar-refractivity contribution in [1.82, 2.24) is 4.72 Å². The van der Waals surface area contributed by atoms with Gasteiger partial charge in [-0.2, -0.15) is 0 Å². The fourth-order valence-corrected chi connectivity index (χ4v) is 1.18. The summed E-state index contributed by atoms with van der Waals surface area (Å²) < 4.78 is 23.4. The number of hydrogen-bond donors (Lipinski definition) is 1. The lowest BCUT2D eigenvalue weighted by Gasteiger charge is -1.91. The molecular formula is C4H7NO2S. The lowest BCUT2D eigenvalue weighted by molar-refractivity contribution is 0.595. The van der Waals surface area contributed by atoms with E-state index in [1.807, 2.05) is 0 Å². The molecule has 0 aromatic carbocycles. The van der Waals surface area contributed by atoms with Crippen LogP contribution in [0, 0.1) is 0 Å². The van der Waals surface area contributed by atoms with Gasteiger partial charge in [0.25, 0.3) is 0 Å². The van der Waals surface area contributed by atoms with Gasteiger partial charge in [0, 0.05) is 6.42 Å². The molecule has 0 heterocycles. The Morgan fingerprint density at radius 3 is 2.38 bits per heavy atom. The molecule has 0 unspecified atom stereocenters. The molecule has 0 aromatic heterocycles. The molecule has 46 valence electrons. The van der Waals surface area contributed by atoms with E-state index in [2.05, 4.69) is 4.72 Å². The first-order valence-corrected chi connectivity index (χ1v) is 3.78. The number of rotatable bonds is 2. The average Bonchev–Trinajstić information content (AvgIpc) is 2.44. The van der Waals surface area contributed by atoms with E-state index in [1.54, 1.807) is 6.08 Å². The quantitative estimate of drug-likeness (QED) is 0.568. The molecule has 8 heavy (non-hydrogen) atoms. The summed E-state index contributed by atoms with van der Waals surface area (Å²) in [4.78, 5) is 0.514. The molecule has 1 aliphatic rings. The fraction of sp³-hybridized carbons (Fsp3) is 0.500. The van der Waals surface area contributed by atoms with Gasteiger partial charge in [-0.3, -0.25) is 0 Å². The van der Waals surface area contributed by atoms with Crippen molar-refractivity contribution in [3.8, 4) is 0 Å². The molecule has 0 fully saturated rings. The van der Waals surface area contributed by atoms with Crippen LogP contribution < -0.4 is 4.72 Å². The molecule has 0 saturated carbocycles. The molecule has 1 N–H and O–H groups in total. The van der Waals surface area contributed by atoms with Crippen molar-refractivity contribution in [2.75, 3.05) is 7.05 Å². The van der Waals surface area contributed by atoms with Crippen LogP contribution in [0.25, 0.3) is 0 Å². The van der Waals surface area contributed by atoms with E-state index in [1.165, 1.54) is 7.05 Å². The highest BCUT2D eigenvalue weighted by Crippen LogP contribution is 2.22. The molecule has 0 atom stereocenters. The Morgan fingerprint density at radius 1 is 1.75 bits per heavy atom. The van der Waals surface area contributed by atoms with E-state index in [0.717, 1.165) is 0 Å². The molecule has 1 rings (SSSR count). The first kappa shape index (κ1) is 5.78. The molecule has 4 heteroatoms. The summed E-state index contributed by atoms with van der Waals surface area (Å²) in [5, 5.41) is 0. The van der Waals surface area contributed by atoms with Crippen molar-refractivity contribution in [2.45, 2.75) is 6.42 Å². The maximum absolute atomic E-state index is 10.6. The second-order valence-corrected chi connectivity index (χ2v) is 3.52. The number of nitrogens with one attached hydrogen (secondary N) is 1. The third-order valence-corrected chi connectivity index (χ3v) is 2.55. The lowest BCUT2D eigenvalue weighted by Crippen LogP contribution is -2.16. The Labute approximate surface area is 48.4 Å². The summed E-state index contributed by atoms with van der Waals surface area (Å²) >= 11 is 0. The van der Waals surface area contributed by atoms with Crippen molar-refractivity contribution in [3.63, 3.8) is 0 Å². The van der Waals surface area contributed by atoms with Gasteiger partial charge in [0.15, 0.2) is 0 Å². The molecule has 0 radical (unpaired) electrons. The van der Waals surface area contributed by atoms with Crippen molar-refractivity contribution in [3.05, 3.63) is 11.0 Å². The van der Waals surface area contributed by atoms with Gasteiger partial charge in [-0.15, -0.1) is 0 Å². The molecule has 0 aromatic rings. The Hall–Kier alpha value is -0.350. The minimum atomic E-state index is -3.01. The fourth-order valence-electron chi connectivity index (χ4n) is 0.392. The Kier molecular flexibility index (Phi) is 1.13. The monoisotopic (exact) mass is 133 g/mol. The summed E-state index contributed by atoms with van der Waals surface area (Å²) in [6, 6.07) is 0. The molecule has 1 aliphatic carbocycles. The van der Waals surface area contributed by atoms with Crippen molar-refractivity contribution in [2.24, 2.45) is 0 Å². The van der Waals surface area contributed by atoms with Gasteiger partial charge in [-0.25, -0.2) is 13.1 Å². The van der Waals surface area contributed by atoms with E-state index in [9.17, 15) is 8.42 Å². The summed E-state index contributed by atoms with van der Waals surface area (Å²) in [5.41, 5.74) is 0. The van der Waals surface area contributed by atoms with Gasteiger partial charge in [0.05, 0.1) is 4.91 Å². The number of allylic oxidation sites excluding steroid dienone is 2. The third-order valence-electron chi connectivity index (χ3n) is 0.985. The van der Waals surface area contributed by atoms with Crippen LogP contribution in [0.15, 0.2) is 11.0 Å². The van der Waals surface area contributed by atoms with E-state index < -0.39 is 10.0 Å². The second-order valence-electron chi connectivity index (χ2n) is 1.58. The van der Waals surface area contributed by atoms with Crippen LogP contribution in [0.1, 0.15) is 6.42 Å². The van der Waals surface area contributed by atoms with E-state index in [0.29, 0.717) is 11.3 Å². The summed E-state index contributed by atoms with van der Waals surface area (Å²) in [5.74, 6) is 0. The highest BCUT2D eigenvalue weighted by Gasteiger charge is 2.21. The maximum atomic E-state index is 10.6. The average molecular weight is 133 g/mol. The lowest BCUT2D eigenvalue weighted by atomic mass is 10.9. The third kappa shape index (κ3) is 0.900. The zero-order valence-electron chi connectivity index (χ0n) is 4.51. The number of sulfonamides is 1. The first-order chi connectivity index (χ1) is 3.67. The predicted molar refractivity (Wildman–Crippen MR) is 30.7 cm³/mol. The van der Waals surface area contributed by atoms with E-state index in [4.69, 9.17) is 0 Å². The van der Waals surface area contributed by atoms with Crippen molar-refractivity contribution < 1.29 is 8.42 Å². The molecule has 0 saturated heterocycles. The summed E-state index contributed by atoms with van der Waals surface area (Å²) in [6.07, 6.45) is 2.30. The van der Waals surface area contributed by atoms with Gasteiger partial charge < -0.3 is 0 Å². The van der Waals surface area contributed by atoms with Crippen LogP contribution in [0.2, 0.25) is 0 Å². The van der Waals surface area contributed by atoms with Crippen LogP contribution in [0.3, 0.4) is 0 Å². The molecule has 0 amide bonds.